The van der Waals surface area contributed by atoms with Crippen molar-refractivity contribution in [1.29, 1.82) is 0 Å². The number of alkyl halides is 2. The molecule has 1 nitrogen and oxygen atoms in total. The van der Waals surface area contributed by atoms with Crippen molar-refractivity contribution in [2.24, 2.45) is 0 Å². The van der Waals surface area contributed by atoms with Crippen molar-refractivity contribution in [3.8, 4) is 0 Å². The molecule has 0 amide bonds. The van der Waals surface area contributed by atoms with Crippen molar-refractivity contribution < 1.29 is 4.74 Å². The fourth-order valence-electron chi connectivity index (χ4n) is 0.677. The van der Waals surface area contributed by atoms with Crippen molar-refractivity contribution in [1.82, 2.24) is 0 Å². The van der Waals surface area contributed by atoms with Crippen LogP contribution in [0.4, 0.5) is 0 Å². The Kier molecular flexibility index (Phi) is 2.80. The maximum atomic E-state index is 5.18. The molecule has 0 bridgehead atoms. The molecule has 1 aliphatic heterocycles. The summed E-state index contributed by atoms with van der Waals surface area (Å²) in [5.41, 5.74) is 0. The topological polar surface area (TPSA) is 9.23 Å². The summed E-state index contributed by atoms with van der Waals surface area (Å²) in [5, 5.41) is 0. The molecule has 0 aromatic heterocycles. The van der Waals surface area contributed by atoms with Crippen molar-refractivity contribution in [2.75, 3.05) is 13.2 Å². The Balaban J connectivity index is 2.28. The summed E-state index contributed by atoms with van der Waals surface area (Å²) >= 11 is 7.01. The van der Waals surface area contributed by atoms with Crippen LogP contribution in [0.1, 0.15) is 6.42 Å². The molecule has 0 unspecified atom stereocenters. The lowest BCUT2D eigenvalue weighted by Crippen LogP contribution is -2.27. The Bertz CT molecular complexity index is 66.8. The molecular formula is C5H8Br2O. The van der Waals surface area contributed by atoms with Gasteiger partial charge in [-0.3, -0.25) is 0 Å². The van der Waals surface area contributed by atoms with Gasteiger partial charge in [-0.2, -0.15) is 0 Å². The van der Waals surface area contributed by atoms with Crippen LogP contribution < -0.4 is 0 Å². The van der Waals surface area contributed by atoms with Crippen molar-refractivity contribution >= 4 is 31.9 Å². The average Bonchev–Trinajstić information content (AvgIpc) is 1.77. The molecule has 0 spiro atoms. The standard InChI is InChI=1S/C5H8Br2O/c6-4-1-2-8-3-5(4)7/h4-5H,1-3H2/t4-,5-/m0/s1. The summed E-state index contributed by atoms with van der Waals surface area (Å²) in [6, 6.07) is 0. The molecule has 1 heterocycles. The van der Waals surface area contributed by atoms with E-state index in [2.05, 4.69) is 31.9 Å². The first-order valence-electron chi connectivity index (χ1n) is 2.66. The van der Waals surface area contributed by atoms with Gasteiger partial charge in [0.15, 0.2) is 0 Å². The van der Waals surface area contributed by atoms with Crippen LogP contribution >= 0.6 is 31.9 Å². The van der Waals surface area contributed by atoms with Gasteiger partial charge in [-0.05, 0) is 6.42 Å². The second-order valence-corrected chi connectivity index (χ2v) is 4.25. The molecule has 3 heteroatoms. The summed E-state index contributed by atoms with van der Waals surface area (Å²) in [6.45, 7) is 1.74. The predicted molar refractivity (Wildman–Crippen MR) is 40.9 cm³/mol. The second-order valence-electron chi connectivity index (χ2n) is 1.90. The van der Waals surface area contributed by atoms with Crippen LogP contribution in [-0.2, 0) is 4.74 Å². The summed E-state index contributed by atoms with van der Waals surface area (Å²) in [7, 11) is 0. The fraction of sp³-hybridized carbons (Fsp3) is 1.00. The van der Waals surface area contributed by atoms with Crippen molar-refractivity contribution in [3.63, 3.8) is 0 Å². The molecule has 1 saturated heterocycles. The number of hydrogen-bond donors (Lipinski definition) is 0. The summed E-state index contributed by atoms with van der Waals surface area (Å²) in [5.74, 6) is 0. The number of hydrogen-bond acceptors (Lipinski definition) is 1. The Morgan fingerprint density at radius 1 is 1.25 bits per heavy atom. The third-order valence-electron chi connectivity index (χ3n) is 1.21. The van der Waals surface area contributed by atoms with Gasteiger partial charge in [0.25, 0.3) is 0 Å². The van der Waals surface area contributed by atoms with Gasteiger partial charge in [0.05, 0.1) is 11.4 Å². The van der Waals surface area contributed by atoms with Gasteiger partial charge in [-0.25, -0.2) is 0 Å². The fourth-order valence-corrected chi connectivity index (χ4v) is 1.47. The van der Waals surface area contributed by atoms with Gasteiger partial charge in [-0.15, -0.1) is 0 Å². The Hall–Kier alpha value is 0.920. The molecule has 2 atom stereocenters. The van der Waals surface area contributed by atoms with Gasteiger partial charge in [0.2, 0.25) is 0 Å². The van der Waals surface area contributed by atoms with Crippen LogP contribution in [0.25, 0.3) is 0 Å². The second kappa shape index (κ2) is 3.18. The molecule has 0 aromatic carbocycles. The first kappa shape index (κ1) is 7.03. The molecule has 1 aliphatic rings. The predicted octanol–water partition coefficient (Wildman–Crippen LogP) is 1.93. The van der Waals surface area contributed by atoms with E-state index in [1.54, 1.807) is 0 Å². The number of rotatable bonds is 0. The van der Waals surface area contributed by atoms with E-state index in [4.69, 9.17) is 4.74 Å². The first-order chi connectivity index (χ1) is 3.80. The van der Waals surface area contributed by atoms with E-state index < -0.39 is 0 Å². The van der Waals surface area contributed by atoms with Gasteiger partial charge >= 0.3 is 0 Å². The average molecular weight is 244 g/mol. The molecule has 0 radical (unpaired) electrons. The maximum Gasteiger partial charge on any atom is 0.0602 e. The van der Waals surface area contributed by atoms with Crippen molar-refractivity contribution in [3.05, 3.63) is 0 Å². The van der Waals surface area contributed by atoms with Gasteiger partial charge < -0.3 is 4.74 Å². The van der Waals surface area contributed by atoms with Crippen LogP contribution in [-0.4, -0.2) is 22.9 Å². The third kappa shape index (κ3) is 1.71. The van der Waals surface area contributed by atoms with Crippen LogP contribution in [0.5, 0.6) is 0 Å². The van der Waals surface area contributed by atoms with E-state index in [9.17, 15) is 0 Å². The van der Waals surface area contributed by atoms with Crippen molar-refractivity contribution in [2.45, 2.75) is 16.1 Å². The monoisotopic (exact) mass is 242 g/mol. The lowest BCUT2D eigenvalue weighted by molar-refractivity contribution is 0.107. The summed E-state index contributed by atoms with van der Waals surface area (Å²) < 4.78 is 5.18. The molecule has 0 aromatic rings. The zero-order valence-corrected chi connectivity index (χ0v) is 7.61. The van der Waals surface area contributed by atoms with E-state index >= 15 is 0 Å². The Morgan fingerprint density at radius 3 is 2.38 bits per heavy atom. The zero-order valence-electron chi connectivity index (χ0n) is 4.44. The highest BCUT2D eigenvalue weighted by Gasteiger charge is 2.19. The van der Waals surface area contributed by atoms with Crippen LogP contribution in [0, 0.1) is 0 Å². The molecule has 8 heavy (non-hydrogen) atoms. The van der Waals surface area contributed by atoms with E-state index in [0.717, 1.165) is 19.6 Å². The molecular weight excluding hydrogens is 236 g/mol. The summed E-state index contributed by atoms with van der Waals surface area (Å²) in [6.07, 6.45) is 1.12. The molecule has 0 N–H and O–H groups in total. The molecule has 1 fully saturated rings. The highest BCUT2D eigenvalue weighted by atomic mass is 79.9. The quantitative estimate of drug-likeness (QED) is 0.591. The molecule has 0 saturated carbocycles. The van der Waals surface area contributed by atoms with Gasteiger partial charge in [0.1, 0.15) is 0 Å². The van der Waals surface area contributed by atoms with Crippen LogP contribution in [0.15, 0.2) is 0 Å². The number of ether oxygens (including phenoxy) is 1. The van der Waals surface area contributed by atoms with Crippen LogP contribution in [0.2, 0.25) is 0 Å². The van der Waals surface area contributed by atoms with Crippen LogP contribution in [0.3, 0.4) is 0 Å². The largest absolute Gasteiger partial charge is 0.380 e. The van der Waals surface area contributed by atoms with E-state index in [-0.39, 0.29) is 0 Å². The van der Waals surface area contributed by atoms with E-state index in [1.165, 1.54) is 0 Å². The number of halogens is 2. The molecule has 1 rings (SSSR count). The Labute approximate surface area is 66.0 Å². The highest BCUT2D eigenvalue weighted by Crippen LogP contribution is 2.21. The third-order valence-corrected chi connectivity index (χ3v) is 3.92. The lowest BCUT2D eigenvalue weighted by atomic mass is 10.2. The minimum Gasteiger partial charge on any atom is -0.380 e. The van der Waals surface area contributed by atoms with Gasteiger partial charge in [0, 0.05) is 11.4 Å². The van der Waals surface area contributed by atoms with E-state index in [1.807, 2.05) is 0 Å². The zero-order chi connectivity index (χ0) is 5.98. The normalized spacial score (nSPS) is 39.8. The van der Waals surface area contributed by atoms with E-state index in [0.29, 0.717) is 9.65 Å². The minimum atomic E-state index is 0.510. The minimum absolute atomic E-state index is 0.510. The lowest BCUT2D eigenvalue weighted by Gasteiger charge is -2.21. The van der Waals surface area contributed by atoms with Gasteiger partial charge in [-0.1, -0.05) is 31.9 Å². The maximum absolute atomic E-state index is 5.18. The Morgan fingerprint density at radius 2 is 2.00 bits per heavy atom. The molecule has 48 valence electrons. The molecule has 0 aliphatic carbocycles. The summed E-state index contributed by atoms with van der Waals surface area (Å²) in [4.78, 5) is 1.12. The SMILES string of the molecule is Br[C@H]1CCOC[C@@H]1Br. The first-order valence-corrected chi connectivity index (χ1v) is 4.49. The smallest absolute Gasteiger partial charge is 0.0602 e. The highest BCUT2D eigenvalue weighted by molar-refractivity contribution is 9.12.